The molecule has 0 heterocycles. The summed E-state index contributed by atoms with van der Waals surface area (Å²) < 4.78 is 0. The monoisotopic (exact) mass is 295 g/mol. The first-order chi connectivity index (χ1) is 9.49. The number of carbonyl (C=O) groups is 2. The summed E-state index contributed by atoms with van der Waals surface area (Å²) in [5, 5.41) is 11.4. The van der Waals surface area contributed by atoms with Crippen LogP contribution in [0.25, 0.3) is 0 Å². The van der Waals surface area contributed by atoms with Gasteiger partial charge in [-0.15, -0.1) is 0 Å². The predicted molar refractivity (Wildman–Crippen MR) is 83.4 cm³/mol. The number of thioether (sulfide) groups is 1. The molecule has 0 unspecified atom stereocenters. The Balaban J connectivity index is 2.22. The summed E-state index contributed by atoms with van der Waals surface area (Å²) in [4.78, 5) is 22.1. The van der Waals surface area contributed by atoms with E-state index in [-0.39, 0.29) is 12.3 Å². The van der Waals surface area contributed by atoms with Crippen molar-refractivity contribution >= 4 is 29.3 Å². The number of hydrogen-bond acceptors (Lipinski definition) is 3. The normalized spacial score (nSPS) is 10.3. The summed E-state index contributed by atoms with van der Waals surface area (Å²) in [6.45, 7) is 3.99. The maximum Gasteiger partial charge on any atom is 0.303 e. The lowest BCUT2D eigenvalue weighted by Crippen LogP contribution is -2.15. The number of carboxylic acids is 1. The van der Waals surface area contributed by atoms with Crippen LogP contribution in [-0.4, -0.2) is 28.5 Å². The summed E-state index contributed by atoms with van der Waals surface area (Å²) in [6, 6.07) is 5.93. The Morgan fingerprint density at radius 2 is 2.00 bits per heavy atom. The fourth-order valence-electron chi connectivity index (χ4n) is 1.79. The van der Waals surface area contributed by atoms with Crippen molar-refractivity contribution in [2.24, 2.45) is 0 Å². The largest absolute Gasteiger partial charge is 0.481 e. The minimum Gasteiger partial charge on any atom is -0.481 e. The Morgan fingerprint density at radius 1 is 1.25 bits per heavy atom. The Bertz CT molecular complexity index is 474. The van der Waals surface area contributed by atoms with Crippen molar-refractivity contribution < 1.29 is 14.7 Å². The van der Waals surface area contributed by atoms with Crippen molar-refractivity contribution in [3.8, 4) is 0 Å². The van der Waals surface area contributed by atoms with E-state index in [9.17, 15) is 9.59 Å². The highest BCUT2D eigenvalue weighted by Crippen LogP contribution is 2.16. The van der Waals surface area contributed by atoms with Crippen molar-refractivity contribution in [3.63, 3.8) is 0 Å². The zero-order valence-electron chi connectivity index (χ0n) is 11.9. The van der Waals surface area contributed by atoms with E-state index in [4.69, 9.17) is 5.11 Å². The lowest BCUT2D eigenvalue weighted by molar-refractivity contribution is -0.137. The summed E-state index contributed by atoms with van der Waals surface area (Å²) in [7, 11) is 0. The molecule has 110 valence electrons. The molecule has 0 atom stereocenters. The molecule has 0 spiro atoms. The van der Waals surface area contributed by atoms with Crippen LogP contribution in [0.15, 0.2) is 18.2 Å². The van der Waals surface area contributed by atoms with Gasteiger partial charge in [-0.2, -0.15) is 11.8 Å². The number of aryl methyl sites for hydroxylation is 2. The summed E-state index contributed by atoms with van der Waals surface area (Å²) in [5.41, 5.74) is 3.09. The maximum absolute atomic E-state index is 11.8. The van der Waals surface area contributed by atoms with E-state index in [0.29, 0.717) is 12.2 Å². The molecule has 1 aromatic rings. The molecular formula is C15H21NO3S. The molecular weight excluding hydrogens is 274 g/mol. The predicted octanol–water partition coefficient (Wildman–Crippen LogP) is 3.23. The second-order valence-corrected chi connectivity index (χ2v) is 5.88. The Kier molecular flexibility index (Phi) is 7.15. The summed E-state index contributed by atoms with van der Waals surface area (Å²) >= 11 is 1.54. The van der Waals surface area contributed by atoms with Crippen molar-refractivity contribution in [1.82, 2.24) is 0 Å². The van der Waals surface area contributed by atoms with Gasteiger partial charge in [-0.3, -0.25) is 9.59 Å². The van der Waals surface area contributed by atoms with Gasteiger partial charge < -0.3 is 10.4 Å². The van der Waals surface area contributed by atoms with Crippen LogP contribution in [0, 0.1) is 13.8 Å². The van der Waals surface area contributed by atoms with E-state index in [1.54, 1.807) is 0 Å². The van der Waals surface area contributed by atoms with E-state index < -0.39 is 5.97 Å². The second-order valence-electron chi connectivity index (χ2n) is 4.77. The maximum atomic E-state index is 11.8. The lowest BCUT2D eigenvalue weighted by Gasteiger charge is -2.09. The standard InChI is InChI=1S/C15H21NO3S/c1-11-6-7-13(12(2)9-11)16-14(17)10-20-8-4-3-5-15(18)19/h6-7,9H,3-5,8,10H2,1-2H3,(H,16,17)(H,18,19). The zero-order chi connectivity index (χ0) is 15.0. The van der Waals surface area contributed by atoms with Crippen LogP contribution < -0.4 is 5.32 Å². The van der Waals surface area contributed by atoms with Crippen molar-refractivity contribution in [2.75, 3.05) is 16.8 Å². The average Bonchev–Trinajstić information content (AvgIpc) is 2.36. The topological polar surface area (TPSA) is 66.4 Å². The van der Waals surface area contributed by atoms with Crippen LogP contribution in [0.5, 0.6) is 0 Å². The Labute approximate surface area is 124 Å². The number of nitrogens with one attached hydrogen (secondary N) is 1. The van der Waals surface area contributed by atoms with Crippen LogP contribution in [0.4, 0.5) is 5.69 Å². The van der Waals surface area contributed by atoms with Crippen molar-refractivity contribution in [2.45, 2.75) is 33.1 Å². The van der Waals surface area contributed by atoms with Gasteiger partial charge in [-0.1, -0.05) is 17.7 Å². The van der Waals surface area contributed by atoms with Crippen molar-refractivity contribution in [3.05, 3.63) is 29.3 Å². The first kappa shape index (κ1) is 16.6. The average molecular weight is 295 g/mol. The molecule has 4 nitrogen and oxygen atoms in total. The van der Waals surface area contributed by atoms with E-state index in [1.807, 2.05) is 32.0 Å². The highest BCUT2D eigenvalue weighted by atomic mass is 32.2. The van der Waals surface area contributed by atoms with Gasteiger partial charge in [0, 0.05) is 12.1 Å². The summed E-state index contributed by atoms with van der Waals surface area (Å²) in [5.74, 6) is 0.441. The van der Waals surface area contributed by atoms with Gasteiger partial charge in [0.1, 0.15) is 0 Å². The SMILES string of the molecule is Cc1ccc(NC(=O)CSCCCCC(=O)O)c(C)c1. The van der Waals surface area contributed by atoms with Crippen LogP contribution in [-0.2, 0) is 9.59 Å². The first-order valence-electron chi connectivity index (χ1n) is 6.65. The van der Waals surface area contributed by atoms with Crippen LogP contribution in [0.3, 0.4) is 0 Å². The van der Waals surface area contributed by atoms with Gasteiger partial charge in [-0.05, 0) is 44.1 Å². The van der Waals surface area contributed by atoms with E-state index in [0.717, 1.165) is 23.4 Å². The molecule has 0 aliphatic heterocycles. The molecule has 1 aromatic carbocycles. The number of amides is 1. The Hall–Kier alpha value is -1.49. The molecule has 0 radical (unpaired) electrons. The third kappa shape index (κ3) is 6.61. The molecule has 0 fully saturated rings. The third-order valence-corrected chi connectivity index (χ3v) is 3.86. The highest BCUT2D eigenvalue weighted by molar-refractivity contribution is 7.99. The fourth-order valence-corrected chi connectivity index (χ4v) is 2.60. The number of rotatable bonds is 8. The van der Waals surface area contributed by atoms with E-state index >= 15 is 0 Å². The van der Waals surface area contributed by atoms with Crippen LogP contribution in [0.2, 0.25) is 0 Å². The van der Waals surface area contributed by atoms with Crippen LogP contribution in [0.1, 0.15) is 30.4 Å². The molecule has 5 heteroatoms. The van der Waals surface area contributed by atoms with Gasteiger partial charge in [-0.25, -0.2) is 0 Å². The van der Waals surface area contributed by atoms with E-state index in [2.05, 4.69) is 5.32 Å². The molecule has 0 aromatic heterocycles. The molecule has 0 saturated heterocycles. The molecule has 0 aliphatic carbocycles. The highest BCUT2D eigenvalue weighted by Gasteiger charge is 2.05. The number of anilines is 1. The molecule has 20 heavy (non-hydrogen) atoms. The van der Waals surface area contributed by atoms with Gasteiger partial charge in [0.15, 0.2) is 0 Å². The molecule has 0 aliphatic rings. The Morgan fingerprint density at radius 3 is 2.65 bits per heavy atom. The molecule has 1 rings (SSSR count). The zero-order valence-corrected chi connectivity index (χ0v) is 12.8. The van der Waals surface area contributed by atoms with Gasteiger partial charge in [0.2, 0.25) is 5.91 Å². The third-order valence-electron chi connectivity index (χ3n) is 2.82. The minimum absolute atomic E-state index is 0.0137. The minimum atomic E-state index is -0.761. The number of aliphatic carboxylic acids is 1. The van der Waals surface area contributed by atoms with Gasteiger partial charge >= 0.3 is 5.97 Å². The second kappa shape index (κ2) is 8.64. The number of unbranched alkanes of at least 4 members (excludes halogenated alkanes) is 1. The summed E-state index contributed by atoms with van der Waals surface area (Å²) in [6.07, 6.45) is 1.70. The smallest absolute Gasteiger partial charge is 0.303 e. The fraction of sp³-hybridized carbons (Fsp3) is 0.467. The van der Waals surface area contributed by atoms with Crippen LogP contribution >= 0.6 is 11.8 Å². The first-order valence-corrected chi connectivity index (χ1v) is 7.81. The van der Waals surface area contributed by atoms with E-state index in [1.165, 1.54) is 17.3 Å². The number of carboxylic acid groups (broad SMARTS) is 1. The van der Waals surface area contributed by atoms with Crippen molar-refractivity contribution in [1.29, 1.82) is 0 Å². The number of benzene rings is 1. The lowest BCUT2D eigenvalue weighted by atomic mass is 10.1. The molecule has 0 bridgehead atoms. The van der Waals surface area contributed by atoms with Gasteiger partial charge in [0.05, 0.1) is 5.75 Å². The molecule has 2 N–H and O–H groups in total. The quantitative estimate of drug-likeness (QED) is 0.723. The number of carbonyl (C=O) groups excluding carboxylic acids is 1. The number of hydrogen-bond donors (Lipinski definition) is 2. The molecule has 0 saturated carbocycles. The van der Waals surface area contributed by atoms with Gasteiger partial charge in [0.25, 0.3) is 0 Å². The molecule has 1 amide bonds.